The van der Waals surface area contributed by atoms with E-state index in [1.165, 1.54) is 173 Å². The Hall–Kier alpha value is -2.29. The summed E-state index contributed by atoms with van der Waals surface area (Å²) in [6.07, 6.45) is 64.9. The summed E-state index contributed by atoms with van der Waals surface area (Å²) >= 11 is 0. The average Bonchev–Trinajstić information content (AvgIpc) is 3.34. The van der Waals surface area contributed by atoms with Gasteiger partial charge in [0.05, 0.1) is 33.8 Å². The van der Waals surface area contributed by atoms with Gasteiger partial charge in [0.15, 0.2) is 0 Å². The van der Waals surface area contributed by atoms with Gasteiger partial charge in [-0.3, -0.25) is 14.2 Å². The van der Waals surface area contributed by atoms with Gasteiger partial charge in [-0.25, -0.2) is 0 Å². The molecule has 0 spiro atoms. The molecular formula is C62H115N2O7P. The summed E-state index contributed by atoms with van der Waals surface area (Å²) in [4.78, 5) is 39.8. The molecule has 0 aromatic carbocycles. The van der Waals surface area contributed by atoms with E-state index in [0.29, 0.717) is 17.4 Å². The Morgan fingerprint density at radius 1 is 0.486 bits per heavy atom. The second kappa shape index (κ2) is 52.2. The Bertz CT molecular complexity index is 1420. The van der Waals surface area contributed by atoms with Crippen LogP contribution in [-0.2, 0) is 27.9 Å². The molecule has 10 heteroatoms. The fourth-order valence-electron chi connectivity index (χ4n) is 8.48. The average molecular weight is 1030 g/mol. The molecule has 0 aromatic rings. The van der Waals surface area contributed by atoms with Gasteiger partial charge in [0, 0.05) is 12.8 Å². The topological polar surface area (TPSA) is 114 Å². The lowest BCUT2D eigenvalue weighted by Gasteiger charge is -2.30. The molecule has 0 radical (unpaired) electrons. The van der Waals surface area contributed by atoms with Crippen LogP contribution in [0.3, 0.4) is 0 Å². The predicted molar refractivity (Wildman–Crippen MR) is 307 cm³/mol. The molecule has 0 aromatic heterocycles. The largest absolute Gasteiger partial charge is 0.756 e. The van der Waals surface area contributed by atoms with Crippen LogP contribution in [-0.4, -0.2) is 69.4 Å². The zero-order valence-electron chi connectivity index (χ0n) is 47.9. The lowest BCUT2D eigenvalue weighted by molar-refractivity contribution is -0.870. The van der Waals surface area contributed by atoms with Crippen molar-refractivity contribution in [3.05, 3.63) is 60.8 Å². The van der Waals surface area contributed by atoms with E-state index in [1.54, 1.807) is 0 Å². The zero-order valence-corrected chi connectivity index (χ0v) is 48.8. The van der Waals surface area contributed by atoms with Gasteiger partial charge in [0.25, 0.3) is 7.82 Å². The molecule has 0 saturated carbocycles. The summed E-state index contributed by atoms with van der Waals surface area (Å²) in [5.74, 6) is -0.618. The van der Waals surface area contributed by atoms with Crippen LogP contribution >= 0.6 is 7.82 Å². The Kier molecular flexibility index (Phi) is 50.5. The van der Waals surface area contributed by atoms with Crippen molar-refractivity contribution in [3.63, 3.8) is 0 Å². The number of quaternary nitrogens is 1. The number of unbranched alkanes of at least 4 members (excludes halogenated alkanes) is 30. The first-order valence-corrected chi connectivity index (χ1v) is 31.6. The lowest BCUT2D eigenvalue weighted by Crippen LogP contribution is -2.47. The van der Waals surface area contributed by atoms with Crippen LogP contribution in [0.5, 0.6) is 0 Å². The van der Waals surface area contributed by atoms with E-state index in [2.05, 4.69) is 68.6 Å². The number of ether oxygens (including phenoxy) is 1. The SMILES string of the molecule is CCCCC/C=C\C/C=C\CCCCCCCCCCCCCC(=O)OC(/C=C\CCCCCCCCCCCC)C(COP(=O)([O-])OCC[N+](C)(C)C)NC(=O)CC/C=C/C/C=C\CCCCCCCC. The zero-order chi connectivity index (χ0) is 52.9. The first-order valence-electron chi connectivity index (χ1n) is 30.1. The highest BCUT2D eigenvalue weighted by Crippen LogP contribution is 2.38. The number of esters is 1. The van der Waals surface area contributed by atoms with E-state index in [1.807, 2.05) is 39.4 Å². The van der Waals surface area contributed by atoms with Crippen molar-refractivity contribution >= 4 is 19.7 Å². The molecule has 0 rings (SSSR count). The van der Waals surface area contributed by atoms with E-state index >= 15 is 0 Å². The van der Waals surface area contributed by atoms with Gasteiger partial charge in [-0.2, -0.15) is 0 Å². The van der Waals surface area contributed by atoms with Crippen molar-refractivity contribution in [2.24, 2.45) is 0 Å². The summed E-state index contributed by atoms with van der Waals surface area (Å²) in [5.41, 5.74) is 0. The fraction of sp³-hybridized carbons (Fsp3) is 0.806. The quantitative estimate of drug-likeness (QED) is 0.0212. The van der Waals surface area contributed by atoms with E-state index in [4.69, 9.17) is 13.8 Å². The summed E-state index contributed by atoms with van der Waals surface area (Å²) in [6, 6.07) is -0.919. The maximum atomic E-state index is 13.4. The van der Waals surface area contributed by atoms with Gasteiger partial charge in [-0.1, -0.05) is 236 Å². The lowest BCUT2D eigenvalue weighted by atomic mass is 10.0. The second-order valence-corrected chi connectivity index (χ2v) is 22.9. The number of nitrogens with zero attached hydrogens (tertiary/aromatic N) is 1. The van der Waals surface area contributed by atoms with Crippen molar-refractivity contribution in [3.8, 4) is 0 Å². The molecule has 72 heavy (non-hydrogen) atoms. The van der Waals surface area contributed by atoms with Gasteiger partial charge in [-0.15, -0.1) is 0 Å². The van der Waals surface area contributed by atoms with E-state index in [9.17, 15) is 19.0 Å². The Morgan fingerprint density at radius 2 is 0.861 bits per heavy atom. The summed E-state index contributed by atoms with van der Waals surface area (Å²) in [5, 5.41) is 2.98. The Morgan fingerprint density at radius 3 is 1.31 bits per heavy atom. The normalized spacial score (nSPS) is 14.2. The van der Waals surface area contributed by atoms with Gasteiger partial charge in [0.1, 0.15) is 19.3 Å². The third-order valence-electron chi connectivity index (χ3n) is 13.2. The van der Waals surface area contributed by atoms with Crippen molar-refractivity contribution in [1.82, 2.24) is 5.32 Å². The maximum absolute atomic E-state index is 13.4. The van der Waals surface area contributed by atoms with Gasteiger partial charge in [0.2, 0.25) is 5.91 Å². The standard InChI is InChI=1S/C62H115N2O7P/c1-7-10-13-16-19-22-25-28-29-30-31-32-33-34-35-37-40-43-46-49-52-55-62(66)71-60(53-50-47-44-41-38-27-24-21-18-15-12-9-3)59(58-70-72(67,68)69-57-56-64(4,5)6)63-61(65)54-51-48-45-42-39-36-26-23-20-17-14-11-8-2/h19,22,28-29,36,39,45,48,50,53,59-60H,7-18,20-21,23-27,30-35,37-38,40-44,46-47,49,51-52,54-58H2,1-6H3,(H-,63,65,67,68)/b22-19-,29-28-,39-36-,48-45+,53-50-. The number of phosphoric ester groups is 1. The van der Waals surface area contributed by atoms with Crippen molar-refractivity contribution in [1.29, 1.82) is 0 Å². The Labute approximate surface area is 445 Å². The number of nitrogens with one attached hydrogen (secondary N) is 1. The van der Waals surface area contributed by atoms with Crippen LogP contribution < -0.4 is 10.2 Å². The molecule has 0 aliphatic heterocycles. The predicted octanol–water partition coefficient (Wildman–Crippen LogP) is 17.6. The summed E-state index contributed by atoms with van der Waals surface area (Å²) < 4.78 is 30.2. The molecule has 3 unspecified atom stereocenters. The highest BCUT2D eigenvalue weighted by Gasteiger charge is 2.27. The summed E-state index contributed by atoms with van der Waals surface area (Å²) in [6.45, 7) is 6.77. The van der Waals surface area contributed by atoms with Crippen LogP contribution in [0.4, 0.5) is 0 Å². The van der Waals surface area contributed by atoms with E-state index in [-0.39, 0.29) is 31.3 Å². The van der Waals surface area contributed by atoms with E-state index in [0.717, 1.165) is 57.8 Å². The second-order valence-electron chi connectivity index (χ2n) is 21.5. The van der Waals surface area contributed by atoms with Crippen LogP contribution in [0.25, 0.3) is 0 Å². The molecular weight excluding hydrogens is 916 g/mol. The van der Waals surface area contributed by atoms with Gasteiger partial charge < -0.3 is 28.5 Å². The minimum Gasteiger partial charge on any atom is -0.756 e. The number of amides is 1. The van der Waals surface area contributed by atoms with Crippen molar-refractivity contribution in [2.75, 3.05) is 40.9 Å². The van der Waals surface area contributed by atoms with E-state index < -0.39 is 26.6 Å². The monoisotopic (exact) mass is 1030 g/mol. The molecule has 1 amide bonds. The smallest absolute Gasteiger partial charge is 0.306 e. The molecule has 0 aliphatic rings. The number of carbonyl (C=O) groups excluding carboxylic acids is 2. The number of rotatable bonds is 54. The number of hydrogen-bond acceptors (Lipinski definition) is 7. The number of hydrogen-bond donors (Lipinski definition) is 1. The highest BCUT2D eigenvalue weighted by molar-refractivity contribution is 7.45. The highest BCUT2D eigenvalue weighted by atomic mass is 31.2. The number of likely N-dealkylation sites (N-methyl/N-ethyl adjacent to an activating group) is 1. The maximum Gasteiger partial charge on any atom is 0.306 e. The minimum absolute atomic E-state index is 0.0324. The minimum atomic E-state index is -4.71. The van der Waals surface area contributed by atoms with Crippen LogP contribution in [0.2, 0.25) is 0 Å². The van der Waals surface area contributed by atoms with Crippen LogP contribution in [0, 0.1) is 0 Å². The molecule has 0 fully saturated rings. The molecule has 0 bridgehead atoms. The third-order valence-corrected chi connectivity index (χ3v) is 14.1. The van der Waals surface area contributed by atoms with Crippen molar-refractivity contribution in [2.45, 2.75) is 283 Å². The number of allylic oxidation sites excluding steroid dienone is 9. The Balaban J connectivity index is 5.28. The number of carbonyl (C=O) groups is 2. The van der Waals surface area contributed by atoms with Crippen LogP contribution in [0.15, 0.2) is 60.8 Å². The fourth-order valence-corrected chi connectivity index (χ4v) is 9.21. The van der Waals surface area contributed by atoms with Gasteiger partial charge in [-0.05, 0) is 83.1 Å². The molecule has 0 heterocycles. The molecule has 0 saturated heterocycles. The van der Waals surface area contributed by atoms with Gasteiger partial charge >= 0.3 is 5.97 Å². The molecule has 0 aliphatic carbocycles. The molecule has 9 nitrogen and oxygen atoms in total. The third kappa shape index (κ3) is 52.6. The number of phosphoric acid groups is 1. The summed E-state index contributed by atoms with van der Waals surface area (Å²) in [7, 11) is 1.15. The first-order chi connectivity index (χ1) is 34.9. The van der Waals surface area contributed by atoms with Crippen LogP contribution in [0.1, 0.15) is 271 Å². The molecule has 3 atom stereocenters. The molecule has 1 N–H and O–H groups in total. The van der Waals surface area contributed by atoms with Crippen molar-refractivity contribution < 1.29 is 37.3 Å². The molecule has 420 valence electrons. The first kappa shape index (κ1) is 69.7.